The largest absolute Gasteiger partial charge is 0.462 e. The van der Waals surface area contributed by atoms with E-state index >= 15 is 0 Å². The molecule has 0 aliphatic rings. The summed E-state index contributed by atoms with van der Waals surface area (Å²) in [6.07, 6.45) is 0. The molecule has 0 amide bonds. The van der Waals surface area contributed by atoms with Crippen LogP contribution in [0.5, 0.6) is 0 Å². The Labute approximate surface area is 106 Å². The second kappa shape index (κ2) is 4.71. The molecular formula is C12H10BrNO3. The zero-order valence-corrected chi connectivity index (χ0v) is 10.7. The van der Waals surface area contributed by atoms with Crippen molar-refractivity contribution in [2.75, 3.05) is 6.61 Å². The molecule has 1 aromatic carbocycles. The van der Waals surface area contributed by atoms with Crippen LogP contribution in [0, 0.1) is 5.41 Å². The highest BCUT2D eigenvalue weighted by Gasteiger charge is 2.12. The number of fused-ring (bicyclic) bond motifs is 1. The first-order valence-electron chi connectivity index (χ1n) is 5.07. The van der Waals surface area contributed by atoms with Crippen LogP contribution in [-0.4, -0.2) is 12.6 Å². The third-order valence-electron chi connectivity index (χ3n) is 2.22. The summed E-state index contributed by atoms with van der Waals surface area (Å²) >= 11 is 3.34. The first-order chi connectivity index (χ1) is 8.11. The van der Waals surface area contributed by atoms with Crippen LogP contribution in [0.25, 0.3) is 11.0 Å². The number of esters is 1. The van der Waals surface area contributed by atoms with Gasteiger partial charge in [-0.2, -0.15) is 0 Å². The van der Waals surface area contributed by atoms with E-state index in [1.807, 2.05) is 12.1 Å². The van der Waals surface area contributed by atoms with Crippen molar-refractivity contribution in [3.05, 3.63) is 39.9 Å². The normalized spacial score (nSPS) is 10.5. The van der Waals surface area contributed by atoms with Crippen molar-refractivity contribution in [1.29, 1.82) is 5.41 Å². The number of hydrogen-bond acceptors (Lipinski definition) is 4. The Morgan fingerprint density at radius 3 is 2.94 bits per heavy atom. The van der Waals surface area contributed by atoms with Gasteiger partial charge in [0.1, 0.15) is 11.1 Å². The van der Waals surface area contributed by atoms with Gasteiger partial charge in [-0.1, -0.05) is 15.9 Å². The maximum atomic E-state index is 11.6. The summed E-state index contributed by atoms with van der Waals surface area (Å²) in [6.45, 7) is 1.99. The fraction of sp³-hybridized carbons (Fsp3) is 0.167. The van der Waals surface area contributed by atoms with Crippen LogP contribution in [0.15, 0.2) is 33.2 Å². The zero-order valence-electron chi connectivity index (χ0n) is 9.12. The second-order valence-electron chi connectivity index (χ2n) is 3.39. The number of rotatable bonds is 2. The van der Waals surface area contributed by atoms with Crippen molar-refractivity contribution in [2.24, 2.45) is 0 Å². The highest BCUT2D eigenvalue weighted by molar-refractivity contribution is 9.10. The van der Waals surface area contributed by atoms with Gasteiger partial charge in [-0.15, -0.1) is 0 Å². The molecular weight excluding hydrogens is 286 g/mol. The smallest absolute Gasteiger partial charge is 0.343 e. The van der Waals surface area contributed by atoms with Crippen molar-refractivity contribution in [3.63, 3.8) is 0 Å². The molecule has 0 fully saturated rings. The Morgan fingerprint density at radius 1 is 1.47 bits per heavy atom. The van der Waals surface area contributed by atoms with E-state index in [9.17, 15) is 4.79 Å². The van der Waals surface area contributed by atoms with Gasteiger partial charge in [-0.3, -0.25) is 5.41 Å². The topological polar surface area (TPSA) is 63.3 Å². The van der Waals surface area contributed by atoms with E-state index in [1.165, 1.54) is 0 Å². The highest BCUT2D eigenvalue weighted by Crippen LogP contribution is 2.19. The molecule has 1 aromatic heterocycles. The van der Waals surface area contributed by atoms with Gasteiger partial charge in [0.25, 0.3) is 0 Å². The third kappa shape index (κ3) is 2.39. The molecule has 0 radical (unpaired) electrons. The predicted octanol–water partition coefficient (Wildman–Crippen LogP) is 2.85. The molecule has 2 rings (SSSR count). The molecule has 1 heterocycles. The molecule has 88 valence electrons. The summed E-state index contributed by atoms with van der Waals surface area (Å²) in [6, 6.07) is 6.98. The number of carbonyl (C=O) groups excluding carboxylic acids is 1. The first kappa shape index (κ1) is 11.9. The monoisotopic (exact) mass is 295 g/mol. The van der Waals surface area contributed by atoms with Crippen LogP contribution in [0.2, 0.25) is 0 Å². The number of halogens is 1. The third-order valence-corrected chi connectivity index (χ3v) is 2.72. The van der Waals surface area contributed by atoms with Gasteiger partial charge in [-0.05, 0) is 31.2 Å². The molecule has 2 aromatic rings. The van der Waals surface area contributed by atoms with E-state index in [1.54, 1.807) is 19.1 Å². The number of benzene rings is 1. The Morgan fingerprint density at radius 2 is 2.24 bits per heavy atom. The quantitative estimate of drug-likeness (QED) is 0.867. The number of nitrogens with one attached hydrogen (secondary N) is 1. The Hall–Kier alpha value is -1.62. The molecule has 1 N–H and O–H groups in total. The summed E-state index contributed by atoms with van der Waals surface area (Å²) in [5, 5.41) is 8.38. The lowest BCUT2D eigenvalue weighted by atomic mass is 10.2. The molecule has 0 aliphatic heterocycles. The lowest BCUT2D eigenvalue weighted by Crippen LogP contribution is -2.16. The summed E-state index contributed by atoms with van der Waals surface area (Å²) in [7, 11) is 0. The van der Waals surface area contributed by atoms with Crippen molar-refractivity contribution in [1.82, 2.24) is 0 Å². The standard InChI is InChI=1S/C12H10BrNO3/c1-2-16-12(15)9-6-7-5-8(13)3-4-10(7)17-11(9)14/h3-6,14H,2H2,1H3. The number of ether oxygens (including phenoxy) is 1. The van der Waals surface area contributed by atoms with Crippen molar-refractivity contribution >= 4 is 32.9 Å². The molecule has 0 aliphatic carbocycles. The average Bonchev–Trinajstić information content (AvgIpc) is 2.29. The highest BCUT2D eigenvalue weighted by atomic mass is 79.9. The van der Waals surface area contributed by atoms with E-state index in [0.717, 1.165) is 9.86 Å². The minimum Gasteiger partial charge on any atom is -0.462 e. The van der Waals surface area contributed by atoms with Gasteiger partial charge >= 0.3 is 5.97 Å². The maximum absolute atomic E-state index is 11.6. The second-order valence-corrected chi connectivity index (χ2v) is 4.31. The van der Waals surface area contributed by atoms with Gasteiger partial charge in [0.05, 0.1) is 6.61 Å². The number of carbonyl (C=O) groups is 1. The summed E-state index contributed by atoms with van der Waals surface area (Å²) < 4.78 is 11.0. The molecule has 0 spiro atoms. The lowest BCUT2D eigenvalue weighted by Gasteiger charge is -2.03. The van der Waals surface area contributed by atoms with Crippen molar-refractivity contribution < 1.29 is 13.9 Å². The lowest BCUT2D eigenvalue weighted by molar-refractivity contribution is 0.0521. The first-order valence-corrected chi connectivity index (χ1v) is 5.86. The minimum atomic E-state index is -0.539. The predicted molar refractivity (Wildman–Crippen MR) is 65.7 cm³/mol. The van der Waals surface area contributed by atoms with Gasteiger partial charge in [0, 0.05) is 9.86 Å². The molecule has 4 nitrogen and oxygen atoms in total. The van der Waals surface area contributed by atoms with Crippen molar-refractivity contribution in [3.8, 4) is 0 Å². The molecule has 0 saturated heterocycles. The average molecular weight is 296 g/mol. The fourth-order valence-corrected chi connectivity index (χ4v) is 1.85. The number of hydrogen-bond donors (Lipinski definition) is 1. The van der Waals surface area contributed by atoms with Crippen molar-refractivity contribution in [2.45, 2.75) is 6.92 Å². The Bertz CT molecular complexity index is 633. The van der Waals surface area contributed by atoms with Crippen LogP contribution in [0.4, 0.5) is 0 Å². The Balaban J connectivity index is 2.61. The van der Waals surface area contributed by atoms with Crippen LogP contribution in [-0.2, 0) is 4.74 Å². The van der Waals surface area contributed by atoms with Crippen LogP contribution in [0.1, 0.15) is 17.3 Å². The van der Waals surface area contributed by atoms with Gasteiger partial charge in [0.15, 0.2) is 0 Å². The minimum absolute atomic E-state index is 0.137. The van der Waals surface area contributed by atoms with E-state index in [4.69, 9.17) is 14.6 Å². The molecule has 0 atom stereocenters. The van der Waals surface area contributed by atoms with E-state index in [2.05, 4.69) is 15.9 Å². The zero-order chi connectivity index (χ0) is 12.4. The molecule has 0 bridgehead atoms. The summed E-state index contributed by atoms with van der Waals surface area (Å²) in [5.41, 5.74) is 0.516. The van der Waals surface area contributed by atoms with E-state index < -0.39 is 5.97 Å². The van der Waals surface area contributed by atoms with Gasteiger partial charge in [-0.25, -0.2) is 4.79 Å². The SMILES string of the molecule is CCOC(=O)c1cc2cc(Br)ccc2oc1=N. The van der Waals surface area contributed by atoms with Gasteiger partial charge < -0.3 is 9.15 Å². The Kier molecular flexibility index (Phi) is 3.28. The summed E-state index contributed by atoms with van der Waals surface area (Å²) in [4.78, 5) is 11.6. The summed E-state index contributed by atoms with van der Waals surface area (Å²) in [5.74, 6) is -0.539. The maximum Gasteiger partial charge on any atom is 0.343 e. The van der Waals surface area contributed by atoms with E-state index in [0.29, 0.717) is 5.58 Å². The molecule has 0 saturated carbocycles. The molecule has 0 unspecified atom stereocenters. The van der Waals surface area contributed by atoms with Crippen LogP contribution >= 0.6 is 15.9 Å². The molecule has 17 heavy (non-hydrogen) atoms. The van der Waals surface area contributed by atoms with Gasteiger partial charge in [0.2, 0.25) is 5.55 Å². The van der Waals surface area contributed by atoms with E-state index in [-0.39, 0.29) is 17.7 Å². The van der Waals surface area contributed by atoms with Crippen LogP contribution < -0.4 is 5.55 Å². The van der Waals surface area contributed by atoms with Crippen LogP contribution in [0.3, 0.4) is 0 Å². The fourth-order valence-electron chi connectivity index (χ4n) is 1.47. The molecule has 5 heteroatoms.